The lowest BCUT2D eigenvalue weighted by atomic mass is 9.88. The number of aliphatic hydroxyl groups excluding tert-OH is 1. The first-order valence-corrected chi connectivity index (χ1v) is 7.44. The highest BCUT2D eigenvalue weighted by Crippen LogP contribution is 2.26. The molecule has 0 aromatic carbocycles. The fraction of sp³-hybridized carbons (Fsp3) is 0.929. The molecule has 1 saturated carbocycles. The van der Waals surface area contributed by atoms with Gasteiger partial charge in [0.15, 0.2) is 0 Å². The Morgan fingerprint density at radius 3 is 2.84 bits per heavy atom. The third-order valence-electron chi connectivity index (χ3n) is 4.33. The molecule has 2 fully saturated rings. The molecule has 5 nitrogen and oxygen atoms in total. The maximum Gasteiger partial charge on any atom is 0.246 e. The maximum absolute atomic E-state index is 11.7. The van der Waals surface area contributed by atoms with Gasteiger partial charge in [-0.25, -0.2) is 0 Å². The number of nitrogens with one attached hydrogen (secondary N) is 2. The topological polar surface area (TPSA) is 70.6 Å². The standard InChI is InChI=1S/C14H26N2O3/c1-10-4-2-3-5-13(10)19-9-14(18)16-7-11-6-15-8-12(11)17/h10-13,15,17H,2-9H2,1H3,(H,16,18). The Morgan fingerprint density at radius 1 is 1.37 bits per heavy atom. The molecule has 4 unspecified atom stereocenters. The van der Waals surface area contributed by atoms with Crippen LogP contribution in [0.2, 0.25) is 0 Å². The van der Waals surface area contributed by atoms with Gasteiger partial charge in [-0.05, 0) is 18.8 Å². The summed E-state index contributed by atoms with van der Waals surface area (Å²) in [5, 5.41) is 15.6. The quantitative estimate of drug-likeness (QED) is 0.671. The van der Waals surface area contributed by atoms with Gasteiger partial charge in [0.25, 0.3) is 0 Å². The second-order valence-electron chi connectivity index (χ2n) is 5.90. The number of amides is 1. The number of hydrogen-bond acceptors (Lipinski definition) is 4. The minimum Gasteiger partial charge on any atom is -0.391 e. The predicted octanol–water partition coefficient (Wildman–Crippen LogP) is 0.278. The van der Waals surface area contributed by atoms with Crippen molar-refractivity contribution in [3.8, 4) is 0 Å². The zero-order valence-electron chi connectivity index (χ0n) is 11.7. The zero-order valence-corrected chi connectivity index (χ0v) is 11.7. The van der Waals surface area contributed by atoms with Gasteiger partial charge >= 0.3 is 0 Å². The highest BCUT2D eigenvalue weighted by Gasteiger charge is 2.26. The van der Waals surface area contributed by atoms with Crippen molar-refractivity contribution in [2.24, 2.45) is 11.8 Å². The first-order chi connectivity index (χ1) is 9.16. The van der Waals surface area contributed by atoms with Gasteiger partial charge in [0, 0.05) is 25.6 Å². The fourth-order valence-electron chi connectivity index (χ4n) is 2.94. The molecule has 0 spiro atoms. The Morgan fingerprint density at radius 2 is 2.16 bits per heavy atom. The van der Waals surface area contributed by atoms with Crippen molar-refractivity contribution in [3.05, 3.63) is 0 Å². The highest BCUT2D eigenvalue weighted by molar-refractivity contribution is 5.77. The minimum absolute atomic E-state index is 0.0723. The first-order valence-electron chi connectivity index (χ1n) is 7.44. The summed E-state index contributed by atoms with van der Waals surface area (Å²) >= 11 is 0. The molecule has 5 heteroatoms. The van der Waals surface area contributed by atoms with Crippen molar-refractivity contribution in [3.63, 3.8) is 0 Å². The van der Waals surface area contributed by atoms with E-state index in [1.165, 1.54) is 19.3 Å². The molecule has 110 valence electrons. The fourth-order valence-corrected chi connectivity index (χ4v) is 2.94. The molecule has 1 saturated heterocycles. The second kappa shape index (κ2) is 7.22. The van der Waals surface area contributed by atoms with Crippen molar-refractivity contribution < 1.29 is 14.6 Å². The molecule has 4 atom stereocenters. The van der Waals surface area contributed by atoms with E-state index in [-0.39, 0.29) is 30.6 Å². The van der Waals surface area contributed by atoms with Gasteiger partial charge in [-0.2, -0.15) is 0 Å². The van der Waals surface area contributed by atoms with Crippen LogP contribution in [0.15, 0.2) is 0 Å². The van der Waals surface area contributed by atoms with Gasteiger partial charge in [-0.3, -0.25) is 4.79 Å². The number of carbonyl (C=O) groups is 1. The van der Waals surface area contributed by atoms with Crippen molar-refractivity contribution >= 4 is 5.91 Å². The molecule has 1 aliphatic heterocycles. The summed E-state index contributed by atoms with van der Waals surface area (Å²) in [6.45, 7) is 4.25. The van der Waals surface area contributed by atoms with Crippen LogP contribution in [0.1, 0.15) is 32.6 Å². The van der Waals surface area contributed by atoms with Crippen LogP contribution in [0.25, 0.3) is 0 Å². The van der Waals surface area contributed by atoms with Crippen LogP contribution in [0, 0.1) is 11.8 Å². The van der Waals surface area contributed by atoms with Crippen molar-refractivity contribution in [2.45, 2.75) is 44.8 Å². The Kier molecular flexibility index (Phi) is 5.60. The lowest BCUT2D eigenvalue weighted by molar-refractivity contribution is -0.129. The van der Waals surface area contributed by atoms with Crippen LogP contribution < -0.4 is 10.6 Å². The molecule has 0 aromatic rings. The van der Waals surface area contributed by atoms with Crippen molar-refractivity contribution in [2.75, 3.05) is 26.2 Å². The van der Waals surface area contributed by atoms with Crippen LogP contribution in [-0.4, -0.2) is 49.5 Å². The smallest absolute Gasteiger partial charge is 0.246 e. The Bertz CT molecular complexity index is 298. The summed E-state index contributed by atoms with van der Waals surface area (Å²) < 4.78 is 5.71. The van der Waals surface area contributed by atoms with Gasteiger partial charge in [-0.1, -0.05) is 19.8 Å². The molecule has 0 radical (unpaired) electrons. The predicted molar refractivity (Wildman–Crippen MR) is 72.7 cm³/mol. The van der Waals surface area contributed by atoms with Crippen molar-refractivity contribution in [1.82, 2.24) is 10.6 Å². The van der Waals surface area contributed by atoms with Crippen LogP contribution in [-0.2, 0) is 9.53 Å². The van der Waals surface area contributed by atoms with Crippen LogP contribution in [0.4, 0.5) is 0 Å². The SMILES string of the molecule is CC1CCCCC1OCC(=O)NCC1CNCC1O. The summed E-state index contributed by atoms with van der Waals surface area (Å²) in [6, 6.07) is 0. The van der Waals surface area contributed by atoms with E-state index in [9.17, 15) is 9.90 Å². The summed E-state index contributed by atoms with van der Waals surface area (Å²) in [6.07, 6.45) is 4.64. The van der Waals surface area contributed by atoms with E-state index in [1.54, 1.807) is 0 Å². The average molecular weight is 270 g/mol. The van der Waals surface area contributed by atoms with E-state index in [0.717, 1.165) is 13.0 Å². The molecule has 19 heavy (non-hydrogen) atoms. The van der Waals surface area contributed by atoms with Gasteiger partial charge < -0.3 is 20.5 Å². The number of β-amino-alcohol motifs (C(OH)–C–C–N with tert-alkyl or cyclic N) is 1. The number of rotatable bonds is 5. The average Bonchev–Trinajstić information content (AvgIpc) is 2.81. The summed E-state index contributed by atoms with van der Waals surface area (Å²) in [5.41, 5.74) is 0. The Labute approximate surface area is 115 Å². The first kappa shape index (κ1) is 14.8. The molecule has 1 heterocycles. The normalized spacial score (nSPS) is 35.3. The summed E-state index contributed by atoms with van der Waals surface area (Å²) in [4.78, 5) is 11.7. The third kappa shape index (κ3) is 4.44. The van der Waals surface area contributed by atoms with Crippen molar-refractivity contribution in [1.29, 1.82) is 0 Å². The molecule has 2 aliphatic rings. The van der Waals surface area contributed by atoms with Gasteiger partial charge in [0.05, 0.1) is 12.2 Å². The largest absolute Gasteiger partial charge is 0.391 e. The van der Waals surface area contributed by atoms with E-state index in [4.69, 9.17) is 4.74 Å². The van der Waals surface area contributed by atoms with E-state index < -0.39 is 0 Å². The number of ether oxygens (including phenoxy) is 1. The molecular formula is C14H26N2O3. The lowest BCUT2D eigenvalue weighted by Crippen LogP contribution is -2.38. The molecule has 2 rings (SSSR count). The van der Waals surface area contributed by atoms with Crippen LogP contribution >= 0.6 is 0 Å². The van der Waals surface area contributed by atoms with Gasteiger partial charge in [0.2, 0.25) is 5.91 Å². The third-order valence-corrected chi connectivity index (χ3v) is 4.33. The highest BCUT2D eigenvalue weighted by atomic mass is 16.5. The Balaban J connectivity index is 1.61. The molecule has 0 aromatic heterocycles. The number of hydrogen-bond donors (Lipinski definition) is 3. The molecule has 1 amide bonds. The Hall–Kier alpha value is -0.650. The van der Waals surface area contributed by atoms with Crippen LogP contribution in [0.5, 0.6) is 0 Å². The lowest BCUT2D eigenvalue weighted by Gasteiger charge is -2.28. The van der Waals surface area contributed by atoms with Gasteiger partial charge in [-0.15, -0.1) is 0 Å². The molecule has 3 N–H and O–H groups in total. The van der Waals surface area contributed by atoms with Gasteiger partial charge in [0.1, 0.15) is 6.61 Å². The second-order valence-corrected chi connectivity index (χ2v) is 5.90. The molecular weight excluding hydrogens is 244 g/mol. The van der Waals surface area contributed by atoms with E-state index in [1.807, 2.05) is 0 Å². The van der Waals surface area contributed by atoms with E-state index in [0.29, 0.717) is 19.0 Å². The maximum atomic E-state index is 11.7. The van der Waals surface area contributed by atoms with E-state index >= 15 is 0 Å². The number of aliphatic hydroxyl groups is 1. The molecule has 1 aliphatic carbocycles. The zero-order chi connectivity index (χ0) is 13.7. The minimum atomic E-state index is -0.348. The monoisotopic (exact) mass is 270 g/mol. The van der Waals surface area contributed by atoms with Crippen LogP contribution in [0.3, 0.4) is 0 Å². The number of carbonyl (C=O) groups excluding carboxylic acids is 1. The van der Waals surface area contributed by atoms with E-state index in [2.05, 4.69) is 17.6 Å². The molecule has 0 bridgehead atoms. The summed E-state index contributed by atoms with van der Waals surface area (Å²) in [7, 11) is 0. The summed E-state index contributed by atoms with van der Waals surface area (Å²) in [5.74, 6) is 0.608.